The first kappa shape index (κ1) is 15.5. The summed E-state index contributed by atoms with van der Waals surface area (Å²) in [6, 6.07) is 13.4. The number of hydrogen-bond donors (Lipinski definition) is 1. The molecular weight excluding hydrogens is 300 g/mol. The Kier molecular flexibility index (Phi) is 4.71. The predicted octanol–water partition coefficient (Wildman–Crippen LogP) is 2.49. The van der Waals surface area contributed by atoms with Gasteiger partial charge in [-0.1, -0.05) is 30.3 Å². The van der Waals surface area contributed by atoms with Gasteiger partial charge in [0.15, 0.2) is 0 Å². The maximum Gasteiger partial charge on any atom is 0.225 e. The van der Waals surface area contributed by atoms with Crippen molar-refractivity contribution >= 4 is 5.95 Å². The van der Waals surface area contributed by atoms with E-state index < -0.39 is 0 Å². The molecule has 4 rings (SSSR count). The van der Waals surface area contributed by atoms with Crippen molar-refractivity contribution < 1.29 is 4.74 Å². The molecule has 2 fully saturated rings. The van der Waals surface area contributed by atoms with Gasteiger partial charge in [0.2, 0.25) is 5.95 Å². The number of nitrogens with one attached hydrogen (secondary N) is 1. The van der Waals surface area contributed by atoms with Crippen molar-refractivity contribution in [1.82, 2.24) is 15.3 Å². The van der Waals surface area contributed by atoms with Crippen LogP contribution in [0.4, 0.5) is 5.95 Å². The fourth-order valence-electron chi connectivity index (χ4n) is 3.55. The van der Waals surface area contributed by atoms with Gasteiger partial charge in [0.1, 0.15) is 0 Å². The number of rotatable bonds is 4. The lowest BCUT2D eigenvalue weighted by atomic mass is 10.1. The zero-order valence-corrected chi connectivity index (χ0v) is 13.9. The summed E-state index contributed by atoms with van der Waals surface area (Å²) in [7, 11) is 0. The van der Waals surface area contributed by atoms with Crippen LogP contribution in [0.2, 0.25) is 0 Å². The van der Waals surface area contributed by atoms with Gasteiger partial charge in [-0.25, -0.2) is 9.97 Å². The van der Waals surface area contributed by atoms with Crippen LogP contribution in [0.1, 0.15) is 19.3 Å². The third-order valence-corrected chi connectivity index (χ3v) is 4.88. The molecule has 1 N–H and O–H groups in total. The van der Waals surface area contributed by atoms with E-state index in [1.54, 1.807) is 0 Å². The van der Waals surface area contributed by atoms with Gasteiger partial charge in [-0.05, 0) is 25.3 Å². The van der Waals surface area contributed by atoms with Crippen molar-refractivity contribution in [2.24, 2.45) is 0 Å². The first-order chi connectivity index (χ1) is 11.9. The van der Waals surface area contributed by atoms with Crippen LogP contribution in [0.25, 0.3) is 11.3 Å². The Morgan fingerprint density at radius 3 is 2.67 bits per heavy atom. The van der Waals surface area contributed by atoms with Crippen LogP contribution in [0.3, 0.4) is 0 Å². The fourth-order valence-corrected chi connectivity index (χ4v) is 3.55. The van der Waals surface area contributed by atoms with E-state index in [9.17, 15) is 0 Å². The molecule has 2 aliphatic rings. The minimum Gasteiger partial charge on any atom is -0.381 e. The average Bonchev–Trinajstić information content (AvgIpc) is 3.12. The minimum atomic E-state index is 0.525. The van der Waals surface area contributed by atoms with E-state index >= 15 is 0 Å². The van der Waals surface area contributed by atoms with Crippen molar-refractivity contribution in [2.45, 2.75) is 31.3 Å². The van der Waals surface area contributed by atoms with Crippen molar-refractivity contribution in [3.8, 4) is 11.3 Å². The standard InChI is InChI=1S/C19H24N4O/c1-2-4-15(5-3-1)18-6-10-20-19(22-18)23-11-7-17(14-23)21-16-8-12-24-13-9-16/h1-6,10,16-17,21H,7-9,11-14H2. The van der Waals surface area contributed by atoms with Gasteiger partial charge in [0.25, 0.3) is 0 Å². The molecule has 0 amide bonds. The summed E-state index contributed by atoms with van der Waals surface area (Å²) in [4.78, 5) is 11.6. The molecule has 5 nitrogen and oxygen atoms in total. The highest BCUT2D eigenvalue weighted by Crippen LogP contribution is 2.22. The van der Waals surface area contributed by atoms with Crippen LogP contribution < -0.4 is 10.2 Å². The molecule has 1 unspecified atom stereocenters. The smallest absolute Gasteiger partial charge is 0.225 e. The quantitative estimate of drug-likeness (QED) is 0.936. The van der Waals surface area contributed by atoms with Gasteiger partial charge >= 0.3 is 0 Å². The number of ether oxygens (including phenoxy) is 1. The SMILES string of the molecule is c1ccc(-c2ccnc(N3CCC(NC4CCOCC4)C3)n2)cc1. The molecule has 0 bridgehead atoms. The molecule has 2 aromatic rings. The molecule has 1 aromatic heterocycles. The summed E-state index contributed by atoms with van der Waals surface area (Å²) in [5.74, 6) is 0.840. The topological polar surface area (TPSA) is 50.3 Å². The monoisotopic (exact) mass is 324 g/mol. The summed E-state index contributed by atoms with van der Waals surface area (Å²) in [5, 5.41) is 3.79. The second kappa shape index (κ2) is 7.28. The van der Waals surface area contributed by atoms with E-state index in [1.807, 2.05) is 30.5 Å². The Morgan fingerprint density at radius 2 is 1.83 bits per heavy atom. The number of anilines is 1. The average molecular weight is 324 g/mol. The van der Waals surface area contributed by atoms with Crippen LogP contribution in [-0.4, -0.2) is 48.4 Å². The van der Waals surface area contributed by atoms with Gasteiger partial charge < -0.3 is 15.0 Å². The molecule has 126 valence electrons. The highest BCUT2D eigenvalue weighted by Gasteiger charge is 2.27. The predicted molar refractivity (Wildman–Crippen MR) is 95.1 cm³/mol. The van der Waals surface area contributed by atoms with Crippen molar-refractivity contribution in [2.75, 3.05) is 31.2 Å². The number of hydrogen-bond acceptors (Lipinski definition) is 5. The molecule has 2 aliphatic heterocycles. The highest BCUT2D eigenvalue weighted by atomic mass is 16.5. The molecular formula is C19H24N4O. The van der Waals surface area contributed by atoms with Crippen molar-refractivity contribution in [1.29, 1.82) is 0 Å². The van der Waals surface area contributed by atoms with E-state index in [0.29, 0.717) is 12.1 Å². The van der Waals surface area contributed by atoms with Crippen LogP contribution in [0, 0.1) is 0 Å². The Balaban J connectivity index is 1.41. The van der Waals surface area contributed by atoms with E-state index in [2.05, 4.69) is 27.3 Å². The van der Waals surface area contributed by atoms with Crippen molar-refractivity contribution in [3.63, 3.8) is 0 Å². The summed E-state index contributed by atoms with van der Waals surface area (Å²) in [6.07, 6.45) is 5.26. The summed E-state index contributed by atoms with van der Waals surface area (Å²) < 4.78 is 5.44. The molecule has 3 heterocycles. The second-order valence-corrected chi connectivity index (χ2v) is 6.59. The highest BCUT2D eigenvalue weighted by molar-refractivity contribution is 5.59. The summed E-state index contributed by atoms with van der Waals surface area (Å²) >= 11 is 0. The van der Waals surface area contributed by atoms with Crippen LogP contribution in [0.15, 0.2) is 42.6 Å². The van der Waals surface area contributed by atoms with E-state index in [0.717, 1.165) is 62.8 Å². The molecule has 1 aromatic carbocycles. The summed E-state index contributed by atoms with van der Waals surface area (Å²) in [6.45, 7) is 3.77. The number of benzene rings is 1. The van der Waals surface area contributed by atoms with Crippen molar-refractivity contribution in [3.05, 3.63) is 42.6 Å². The minimum absolute atomic E-state index is 0.525. The van der Waals surface area contributed by atoms with E-state index in [4.69, 9.17) is 9.72 Å². The first-order valence-electron chi connectivity index (χ1n) is 8.86. The molecule has 5 heteroatoms. The van der Waals surface area contributed by atoms with Gasteiger partial charge in [0.05, 0.1) is 5.69 Å². The fraction of sp³-hybridized carbons (Fsp3) is 0.474. The molecule has 0 aliphatic carbocycles. The normalized spacial score (nSPS) is 22.0. The van der Waals surface area contributed by atoms with Gasteiger partial charge in [-0.3, -0.25) is 0 Å². The molecule has 24 heavy (non-hydrogen) atoms. The molecule has 2 saturated heterocycles. The third kappa shape index (κ3) is 3.57. The second-order valence-electron chi connectivity index (χ2n) is 6.59. The zero-order valence-electron chi connectivity index (χ0n) is 13.9. The Hall–Kier alpha value is -1.98. The van der Waals surface area contributed by atoms with Gasteiger partial charge in [-0.15, -0.1) is 0 Å². The number of nitrogens with zero attached hydrogens (tertiary/aromatic N) is 3. The van der Waals surface area contributed by atoms with Crippen LogP contribution in [-0.2, 0) is 4.74 Å². The lowest BCUT2D eigenvalue weighted by molar-refractivity contribution is 0.0755. The van der Waals surface area contributed by atoms with E-state index in [-0.39, 0.29) is 0 Å². The van der Waals surface area contributed by atoms with Crippen LogP contribution in [0.5, 0.6) is 0 Å². The Bertz CT molecular complexity index is 657. The van der Waals surface area contributed by atoms with Gasteiger partial charge in [-0.2, -0.15) is 0 Å². The maximum atomic E-state index is 5.44. The molecule has 0 spiro atoms. The van der Waals surface area contributed by atoms with Gasteiger partial charge in [0, 0.05) is 50.1 Å². The number of aromatic nitrogens is 2. The first-order valence-corrected chi connectivity index (χ1v) is 8.86. The third-order valence-electron chi connectivity index (χ3n) is 4.88. The van der Waals surface area contributed by atoms with Crippen LogP contribution >= 0.6 is 0 Å². The van der Waals surface area contributed by atoms with E-state index in [1.165, 1.54) is 0 Å². The lowest BCUT2D eigenvalue weighted by Crippen LogP contribution is -2.43. The Morgan fingerprint density at radius 1 is 1.00 bits per heavy atom. The molecule has 0 saturated carbocycles. The largest absolute Gasteiger partial charge is 0.381 e. The molecule has 1 atom stereocenters. The zero-order chi connectivity index (χ0) is 16.2. The molecule has 0 radical (unpaired) electrons. The maximum absolute atomic E-state index is 5.44. The lowest BCUT2D eigenvalue weighted by Gasteiger charge is -2.26. The Labute approximate surface area is 143 Å². The summed E-state index contributed by atoms with van der Waals surface area (Å²) in [5.41, 5.74) is 2.12.